The minimum Gasteiger partial charge on any atom is -0.449 e. The highest BCUT2D eigenvalue weighted by molar-refractivity contribution is 5.79. The molecule has 0 unspecified atom stereocenters. The molecule has 1 aliphatic rings. The van der Waals surface area contributed by atoms with E-state index >= 15 is 0 Å². The molecule has 0 atom stereocenters. The van der Waals surface area contributed by atoms with Gasteiger partial charge in [0.15, 0.2) is 0 Å². The van der Waals surface area contributed by atoms with Crippen LogP contribution in [0.4, 0.5) is 9.18 Å². The number of alkyl carbamates (subject to hydrolysis) is 1. The predicted octanol–water partition coefficient (Wildman–Crippen LogP) is 6.38. The van der Waals surface area contributed by atoms with Gasteiger partial charge in [-0.2, -0.15) is 0 Å². The van der Waals surface area contributed by atoms with E-state index in [9.17, 15) is 9.18 Å². The summed E-state index contributed by atoms with van der Waals surface area (Å²) in [5, 5.41) is 2.80. The molecule has 1 N–H and O–H groups in total. The summed E-state index contributed by atoms with van der Waals surface area (Å²) in [7, 11) is 0. The molecule has 31 heavy (non-hydrogen) atoms. The first-order valence-electron chi connectivity index (χ1n) is 10.6. The number of benzene rings is 3. The Bertz CT molecular complexity index is 1070. The number of carbonyl (C=O) groups is 1. The van der Waals surface area contributed by atoms with Crippen LogP contribution in [0.2, 0.25) is 0 Å². The molecule has 0 bridgehead atoms. The van der Waals surface area contributed by atoms with Crippen LogP contribution in [0.15, 0.2) is 66.7 Å². The van der Waals surface area contributed by atoms with Crippen molar-refractivity contribution >= 4 is 12.2 Å². The maximum Gasteiger partial charge on any atom is 0.407 e. The highest BCUT2D eigenvalue weighted by Gasteiger charge is 2.28. The van der Waals surface area contributed by atoms with E-state index in [-0.39, 0.29) is 11.7 Å². The van der Waals surface area contributed by atoms with Crippen LogP contribution in [-0.4, -0.2) is 19.2 Å². The number of hydrogen-bond donors (Lipinski definition) is 1. The number of halogens is 1. The third-order valence-corrected chi connectivity index (χ3v) is 5.69. The average molecular weight is 416 g/mol. The molecule has 3 aromatic carbocycles. The Hall–Kier alpha value is -3.40. The van der Waals surface area contributed by atoms with E-state index < -0.39 is 6.09 Å². The minimum atomic E-state index is -0.413. The Morgan fingerprint density at radius 1 is 1.00 bits per heavy atom. The zero-order valence-electron chi connectivity index (χ0n) is 17.8. The van der Waals surface area contributed by atoms with Crippen molar-refractivity contribution in [1.82, 2.24) is 5.32 Å². The molecule has 3 nitrogen and oxygen atoms in total. The molecule has 1 amide bonds. The number of amides is 1. The topological polar surface area (TPSA) is 38.3 Å². The summed E-state index contributed by atoms with van der Waals surface area (Å²) in [6.07, 6.45) is 4.16. The summed E-state index contributed by atoms with van der Waals surface area (Å²) in [4.78, 5) is 12.2. The Morgan fingerprint density at radius 2 is 1.58 bits per heavy atom. The fraction of sp³-hybridized carbons (Fsp3) is 0.222. The maximum absolute atomic E-state index is 13.7. The number of ether oxygens (including phenoxy) is 1. The lowest BCUT2D eigenvalue weighted by Gasteiger charge is -2.14. The van der Waals surface area contributed by atoms with Crippen LogP contribution in [0, 0.1) is 19.7 Å². The summed E-state index contributed by atoms with van der Waals surface area (Å²) in [5.41, 5.74) is 7.05. The third-order valence-electron chi connectivity index (χ3n) is 5.69. The zero-order chi connectivity index (χ0) is 21.8. The second-order valence-corrected chi connectivity index (χ2v) is 7.91. The Balaban J connectivity index is 1.28. The molecule has 158 valence electrons. The van der Waals surface area contributed by atoms with E-state index in [4.69, 9.17) is 4.74 Å². The molecule has 1 aliphatic carbocycles. The van der Waals surface area contributed by atoms with Gasteiger partial charge in [0.2, 0.25) is 0 Å². The van der Waals surface area contributed by atoms with Gasteiger partial charge in [-0.05, 0) is 71.3 Å². The predicted molar refractivity (Wildman–Crippen MR) is 123 cm³/mol. The Labute approximate surface area is 182 Å². The Kier molecular flexibility index (Phi) is 6.17. The molecule has 0 saturated heterocycles. The fourth-order valence-corrected chi connectivity index (χ4v) is 4.20. The van der Waals surface area contributed by atoms with E-state index in [2.05, 4.69) is 29.6 Å². The van der Waals surface area contributed by atoms with Gasteiger partial charge in [-0.1, -0.05) is 60.7 Å². The van der Waals surface area contributed by atoms with Gasteiger partial charge in [0.1, 0.15) is 12.4 Å². The first kappa shape index (κ1) is 20.9. The summed E-state index contributed by atoms with van der Waals surface area (Å²) in [6, 6.07) is 20.2. The monoisotopic (exact) mass is 415 g/mol. The number of nitrogens with one attached hydrogen (secondary N) is 1. The molecule has 4 rings (SSSR count). The van der Waals surface area contributed by atoms with Gasteiger partial charge in [0, 0.05) is 12.5 Å². The molecular formula is C27H26FNO2. The van der Waals surface area contributed by atoms with Crippen LogP contribution in [0.1, 0.15) is 40.2 Å². The summed E-state index contributed by atoms with van der Waals surface area (Å²) >= 11 is 0. The quantitative estimate of drug-likeness (QED) is 0.474. The van der Waals surface area contributed by atoms with Gasteiger partial charge in [0.25, 0.3) is 0 Å². The minimum absolute atomic E-state index is 0.0583. The van der Waals surface area contributed by atoms with Crippen LogP contribution < -0.4 is 5.32 Å². The van der Waals surface area contributed by atoms with E-state index in [0.717, 1.165) is 5.56 Å². The van der Waals surface area contributed by atoms with Crippen LogP contribution in [0.3, 0.4) is 0 Å². The van der Waals surface area contributed by atoms with Crippen molar-refractivity contribution in [3.63, 3.8) is 0 Å². The van der Waals surface area contributed by atoms with E-state index in [1.165, 1.54) is 22.3 Å². The smallest absolute Gasteiger partial charge is 0.407 e. The van der Waals surface area contributed by atoms with E-state index in [1.54, 1.807) is 13.8 Å². The van der Waals surface area contributed by atoms with Gasteiger partial charge >= 0.3 is 6.09 Å². The molecule has 4 heteroatoms. The number of carbonyl (C=O) groups excluding carboxylic acids is 1. The summed E-state index contributed by atoms with van der Waals surface area (Å²) < 4.78 is 19.2. The van der Waals surface area contributed by atoms with Crippen molar-refractivity contribution in [1.29, 1.82) is 0 Å². The van der Waals surface area contributed by atoms with Crippen LogP contribution >= 0.6 is 0 Å². The van der Waals surface area contributed by atoms with Crippen molar-refractivity contribution in [2.75, 3.05) is 13.2 Å². The average Bonchev–Trinajstić information content (AvgIpc) is 3.09. The van der Waals surface area contributed by atoms with Crippen LogP contribution in [-0.2, 0) is 4.74 Å². The van der Waals surface area contributed by atoms with Crippen molar-refractivity contribution < 1.29 is 13.9 Å². The summed E-state index contributed by atoms with van der Waals surface area (Å²) in [6.45, 7) is 4.31. The number of rotatable bonds is 6. The number of fused-ring (bicyclic) bond motifs is 3. The summed E-state index contributed by atoms with van der Waals surface area (Å²) in [5.74, 6) is -0.0999. The largest absolute Gasteiger partial charge is 0.449 e. The molecule has 0 aliphatic heterocycles. The van der Waals surface area contributed by atoms with Crippen molar-refractivity contribution in [3.05, 3.63) is 100 Å². The van der Waals surface area contributed by atoms with Crippen molar-refractivity contribution in [2.24, 2.45) is 0 Å². The number of hydrogen-bond acceptors (Lipinski definition) is 2. The van der Waals surface area contributed by atoms with E-state index in [0.29, 0.717) is 30.7 Å². The highest BCUT2D eigenvalue weighted by Crippen LogP contribution is 2.44. The standard InChI is InChI=1S/C27H26FNO2/c1-18-15-20(16-19(2)26(18)28)9-7-8-14-29-27(30)31-17-25-23-12-5-3-10-21(23)22-11-4-6-13-24(22)25/h3-7,9-13,15-16,25H,8,14,17H2,1-2H3,(H,29,30). The molecule has 0 aromatic heterocycles. The van der Waals surface area contributed by atoms with Gasteiger partial charge in [-0.15, -0.1) is 0 Å². The molecule has 3 aromatic rings. The Morgan fingerprint density at radius 3 is 2.19 bits per heavy atom. The molecular weight excluding hydrogens is 389 g/mol. The SMILES string of the molecule is Cc1cc(C=CCCNC(=O)OCC2c3ccccc3-c3ccccc32)cc(C)c1F. The molecule has 0 fully saturated rings. The molecule has 0 radical (unpaired) electrons. The lowest BCUT2D eigenvalue weighted by Crippen LogP contribution is -2.26. The van der Waals surface area contributed by atoms with Crippen molar-refractivity contribution in [2.45, 2.75) is 26.2 Å². The lowest BCUT2D eigenvalue weighted by atomic mass is 9.98. The van der Waals surface area contributed by atoms with Gasteiger partial charge in [-0.3, -0.25) is 0 Å². The second-order valence-electron chi connectivity index (χ2n) is 7.91. The van der Waals surface area contributed by atoms with Gasteiger partial charge in [0.05, 0.1) is 0 Å². The zero-order valence-corrected chi connectivity index (χ0v) is 17.8. The normalized spacial score (nSPS) is 12.6. The first-order valence-corrected chi connectivity index (χ1v) is 10.6. The first-order chi connectivity index (χ1) is 15.0. The third kappa shape index (κ3) is 4.53. The lowest BCUT2D eigenvalue weighted by molar-refractivity contribution is 0.143. The fourth-order valence-electron chi connectivity index (χ4n) is 4.20. The van der Waals surface area contributed by atoms with Crippen molar-refractivity contribution in [3.8, 4) is 11.1 Å². The maximum atomic E-state index is 13.7. The van der Waals surface area contributed by atoms with Gasteiger partial charge < -0.3 is 10.1 Å². The van der Waals surface area contributed by atoms with Gasteiger partial charge in [-0.25, -0.2) is 9.18 Å². The number of aryl methyl sites for hydroxylation is 2. The molecule has 0 spiro atoms. The van der Waals surface area contributed by atoms with Crippen LogP contribution in [0.5, 0.6) is 0 Å². The highest BCUT2D eigenvalue weighted by atomic mass is 19.1. The second kappa shape index (κ2) is 9.17. The molecule has 0 heterocycles. The van der Waals surface area contributed by atoms with E-state index in [1.807, 2.05) is 48.6 Å². The van der Waals surface area contributed by atoms with Crippen LogP contribution in [0.25, 0.3) is 17.2 Å². The molecule has 0 saturated carbocycles.